The van der Waals surface area contributed by atoms with E-state index in [1.54, 1.807) is 0 Å². The Morgan fingerprint density at radius 1 is 0.386 bits per heavy atom. The highest BCUT2D eigenvalue weighted by Gasteiger charge is 2.54. The van der Waals surface area contributed by atoms with E-state index in [0.29, 0.717) is 48.3 Å². The summed E-state index contributed by atoms with van der Waals surface area (Å²) in [4.78, 5) is 0. The van der Waals surface area contributed by atoms with Gasteiger partial charge < -0.3 is 21.3 Å². The molecule has 0 aromatic rings. The van der Waals surface area contributed by atoms with E-state index >= 15 is 0 Å². The largest absolute Gasteiger partial charge is 0.311 e. The third-order valence-corrected chi connectivity index (χ3v) is 15.8. The lowest BCUT2D eigenvalue weighted by molar-refractivity contribution is 0.0650. The summed E-state index contributed by atoms with van der Waals surface area (Å²) in [6.07, 6.45) is 11.0. The first kappa shape index (κ1) is 35.2. The zero-order valence-electron chi connectivity index (χ0n) is 31.2. The summed E-state index contributed by atoms with van der Waals surface area (Å²) in [6, 6.07) is 5.19. The van der Waals surface area contributed by atoms with Crippen LogP contribution in [0.15, 0.2) is 0 Å². The van der Waals surface area contributed by atoms with Gasteiger partial charge in [0.25, 0.3) is 0 Å². The van der Waals surface area contributed by atoms with Crippen molar-refractivity contribution in [2.75, 3.05) is 0 Å². The van der Waals surface area contributed by atoms with Crippen molar-refractivity contribution in [3.8, 4) is 0 Å². The van der Waals surface area contributed by atoms with Gasteiger partial charge in [0.1, 0.15) is 0 Å². The molecule has 4 saturated heterocycles. The fourth-order valence-corrected chi connectivity index (χ4v) is 13.5. The molecule has 16 unspecified atom stereocenters. The first-order chi connectivity index (χ1) is 21.0. The van der Waals surface area contributed by atoms with Crippen LogP contribution < -0.4 is 21.3 Å². The SMILES string of the molecule is CCC1C(C)NC(C(C2CCC(C(C3NC(C)C(CC)C3C)C3NC(C)C(CC)C3C)CC2)C2NC(C)C(CC)C2C)C1C. The fourth-order valence-electron chi connectivity index (χ4n) is 13.5. The Hall–Kier alpha value is -0.160. The van der Waals surface area contributed by atoms with Crippen molar-refractivity contribution in [2.24, 2.45) is 71.0 Å². The molecule has 44 heavy (non-hydrogen) atoms. The van der Waals surface area contributed by atoms with Crippen LogP contribution in [0, 0.1) is 71.0 Å². The van der Waals surface area contributed by atoms with E-state index in [-0.39, 0.29) is 0 Å². The standard InChI is InChI=1S/C40H76N4/c1-13-31-21(5)37(41-25(31)9)35(38-22(6)32(14-2)26(10)42-38)29-17-19-30(20-18-29)36(39-23(7)33(15-3)27(11)43-39)40-24(8)34(16-4)28(12)44-40/h21-44H,13-20H2,1-12H3. The van der Waals surface area contributed by atoms with Gasteiger partial charge in [-0.05, 0) is 124 Å². The molecule has 4 N–H and O–H groups in total. The van der Waals surface area contributed by atoms with Crippen LogP contribution >= 0.6 is 0 Å². The lowest BCUT2D eigenvalue weighted by atomic mass is 9.61. The normalized spacial score (nSPS) is 52.9. The predicted molar refractivity (Wildman–Crippen MR) is 190 cm³/mol. The van der Waals surface area contributed by atoms with Crippen LogP contribution in [-0.2, 0) is 0 Å². The number of nitrogens with one attached hydrogen (secondary N) is 4. The zero-order chi connectivity index (χ0) is 32.0. The highest BCUT2D eigenvalue weighted by Crippen LogP contribution is 2.51. The van der Waals surface area contributed by atoms with Gasteiger partial charge in [0.15, 0.2) is 0 Å². The predicted octanol–water partition coefficient (Wildman–Crippen LogP) is 8.12. The van der Waals surface area contributed by atoms with Crippen molar-refractivity contribution in [3.63, 3.8) is 0 Å². The molecule has 0 bridgehead atoms. The number of rotatable bonds is 10. The molecular weight excluding hydrogens is 536 g/mol. The van der Waals surface area contributed by atoms with Gasteiger partial charge in [-0.25, -0.2) is 0 Å². The Balaban J connectivity index is 1.40. The summed E-state index contributed by atoms with van der Waals surface area (Å²) >= 11 is 0. The van der Waals surface area contributed by atoms with Crippen molar-refractivity contribution in [2.45, 2.75) is 183 Å². The maximum atomic E-state index is 4.25. The van der Waals surface area contributed by atoms with Crippen molar-refractivity contribution in [1.29, 1.82) is 0 Å². The summed E-state index contributed by atoms with van der Waals surface area (Å²) in [7, 11) is 0. The van der Waals surface area contributed by atoms with Gasteiger partial charge in [-0.2, -0.15) is 0 Å². The van der Waals surface area contributed by atoms with Crippen LogP contribution in [0.2, 0.25) is 0 Å². The van der Waals surface area contributed by atoms with E-state index < -0.39 is 0 Å². The van der Waals surface area contributed by atoms with Crippen LogP contribution in [0.25, 0.3) is 0 Å². The third kappa shape index (κ3) is 6.23. The topological polar surface area (TPSA) is 48.1 Å². The first-order valence-electron chi connectivity index (χ1n) is 20.0. The van der Waals surface area contributed by atoms with E-state index in [9.17, 15) is 0 Å². The molecule has 4 nitrogen and oxygen atoms in total. The van der Waals surface area contributed by atoms with Crippen LogP contribution in [0.5, 0.6) is 0 Å². The Kier molecular flexibility index (Phi) is 11.6. The fraction of sp³-hybridized carbons (Fsp3) is 1.00. The average molecular weight is 613 g/mol. The van der Waals surface area contributed by atoms with E-state index in [1.165, 1.54) is 51.4 Å². The molecule has 5 rings (SSSR count). The zero-order valence-corrected chi connectivity index (χ0v) is 31.2. The maximum Gasteiger partial charge on any atom is 0.0144 e. The van der Waals surface area contributed by atoms with Gasteiger partial charge in [0.05, 0.1) is 0 Å². The lowest BCUT2D eigenvalue weighted by Crippen LogP contribution is -2.54. The molecule has 5 fully saturated rings. The van der Waals surface area contributed by atoms with Crippen LogP contribution in [0.3, 0.4) is 0 Å². The molecule has 1 aliphatic carbocycles. The number of hydrogen-bond acceptors (Lipinski definition) is 4. The molecule has 0 radical (unpaired) electrons. The van der Waals surface area contributed by atoms with Crippen molar-refractivity contribution in [1.82, 2.24) is 21.3 Å². The molecular formula is C40H76N4. The van der Waals surface area contributed by atoms with E-state index in [1.807, 2.05) is 0 Å². The summed E-state index contributed by atoms with van der Waals surface area (Å²) in [6.45, 7) is 30.0. The summed E-state index contributed by atoms with van der Waals surface area (Å²) in [5.74, 6) is 9.48. The minimum Gasteiger partial charge on any atom is -0.311 e. The van der Waals surface area contributed by atoms with Gasteiger partial charge in [-0.15, -0.1) is 0 Å². The van der Waals surface area contributed by atoms with Gasteiger partial charge in [-0.3, -0.25) is 0 Å². The maximum absolute atomic E-state index is 4.25. The smallest absolute Gasteiger partial charge is 0.0144 e. The molecule has 5 aliphatic rings. The average Bonchev–Trinajstić information content (AvgIpc) is 3.65. The molecule has 0 aromatic heterocycles. The van der Waals surface area contributed by atoms with Gasteiger partial charge in [0, 0.05) is 48.3 Å². The van der Waals surface area contributed by atoms with Crippen molar-refractivity contribution >= 4 is 0 Å². The third-order valence-electron chi connectivity index (χ3n) is 15.8. The highest BCUT2D eigenvalue weighted by atomic mass is 15.1. The Bertz CT molecular complexity index is 768. The van der Waals surface area contributed by atoms with Crippen LogP contribution in [-0.4, -0.2) is 48.3 Å². The van der Waals surface area contributed by atoms with Gasteiger partial charge >= 0.3 is 0 Å². The van der Waals surface area contributed by atoms with Crippen LogP contribution in [0.1, 0.15) is 134 Å². The summed E-state index contributed by atoms with van der Waals surface area (Å²) in [5, 5.41) is 17.0. The Morgan fingerprint density at radius 2 is 0.591 bits per heavy atom. The molecule has 0 spiro atoms. The quantitative estimate of drug-likeness (QED) is 0.201. The van der Waals surface area contributed by atoms with Gasteiger partial charge in [-0.1, -0.05) is 81.1 Å². The molecule has 0 aromatic carbocycles. The van der Waals surface area contributed by atoms with Crippen molar-refractivity contribution in [3.05, 3.63) is 0 Å². The van der Waals surface area contributed by atoms with E-state index in [0.717, 1.165) is 71.0 Å². The second kappa shape index (κ2) is 14.5. The van der Waals surface area contributed by atoms with E-state index in [4.69, 9.17) is 0 Å². The molecule has 4 aliphatic heterocycles. The Labute approximate surface area is 274 Å². The monoisotopic (exact) mass is 613 g/mol. The summed E-state index contributed by atoms with van der Waals surface area (Å²) in [5.41, 5.74) is 0. The molecule has 0 amide bonds. The molecule has 16 atom stereocenters. The van der Waals surface area contributed by atoms with E-state index in [2.05, 4.69) is 104 Å². The second-order valence-corrected chi connectivity index (χ2v) is 17.5. The molecule has 256 valence electrons. The molecule has 4 heteroatoms. The summed E-state index contributed by atoms with van der Waals surface area (Å²) < 4.78 is 0. The lowest BCUT2D eigenvalue weighted by Gasteiger charge is -2.47. The minimum absolute atomic E-state index is 0.645. The van der Waals surface area contributed by atoms with Crippen LogP contribution in [0.4, 0.5) is 0 Å². The highest BCUT2D eigenvalue weighted by molar-refractivity contribution is 5.09. The minimum atomic E-state index is 0.645. The second-order valence-electron chi connectivity index (χ2n) is 17.5. The first-order valence-corrected chi connectivity index (χ1v) is 20.0. The number of hydrogen-bond donors (Lipinski definition) is 4. The molecule has 4 heterocycles. The molecule has 1 saturated carbocycles. The van der Waals surface area contributed by atoms with Gasteiger partial charge in [0.2, 0.25) is 0 Å². The Morgan fingerprint density at radius 3 is 0.750 bits per heavy atom. The van der Waals surface area contributed by atoms with Crippen molar-refractivity contribution < 1.29 is 0 Å².